The Morgan fingerprint density at radius 3 is 2.87 bits per heavy atom. The summed E-state index contributed by atoms with van der Waals surface area (Å²) >= 11 is 0. The molecular weight excluding hydrogens is 208 g/mol. The van der Waals surface area contributed by atoms with E-state index in [2.05, 4.69) is 4.98 Å². The number of aromatic nitrogens is 1. The fraction of sp³-hybridized carbons (Fsp3) is 0.500. The first-order chi connectivity index (χ1) is 6.96. The molecule has 0 atom stereocenters. The van der Waals surface area contributed by atoms with Gasteiger partial charge in [-0.1, -0.05) is 0 Å². The zero-order valence-electron chi connectivity index (χ0n) is 8.09. The van der Waals surface area contributed by atoms with Gasteiger partial charge in [0.15, 0.2) is 6.39 Å². The van der Waals surface area contributed by atoms with Gasteiger partial charge in [-0.2, -0.15) is 0 Å². The van der Waals surface area contributed by atoms with Gasteiger partial charge in [0.05, 0.1) is 18.8 Å². The van der Waals surface area contributed by atoms with E-state index in [1.54, 1.807) is 6.92 Å². The van der Waals surface area contributed by atoms with Gasteiger partial charge in [0, 0.05) is 0 Å². The molecule has 0 aliphatic heterocycles. The highest BCUT2D eigenvalue weighted by Crippen LogP contribution is 2.10. The summed E-state index contributed by atoms with van der Waals surface area (Å²) in [5, 5.41) is 2.01. The molecule has 0 fully saturated rings. The molecule has 0 aromatic carbocycles. The van der Waals surface area contributed by atoms with Crippen LogP contribution in [0.1, 0.15) is 16.2 Å². The maximum atomic E-state index is 12.7. The van der Waals surface area contributed by atoms with E-state index in [0.29, 0.717) is 5.69 Å². The van der Waals surface area contributed by atoms with Gasteiger partial charge in [-0.15, -0.1) is 0 Å². The summed E-state index contributed by atoms with van der Waals surface area (Å²) in [7, 11) is 0. The SMILES string of the molecule is Cc1ncoc1C(=O)NCC(F)(F)CN. The molecule has 1 heterocycles. The Morgan fingerprint density at radius 2 is 2.40 bits per heavy atom. The quantitative estimate of drug-likeness (QED) is 0.763. The summed E-state index contributed by atoms with van der Waals surface area (Å²) in [6.45, 7) is -0.0926. The number of nitrogens with two attached hydrogens (primary N) is 1. The molecular formula is C8H11F2N3O2. The lowest BCUT2D eigenvalue weighted by Crippen LogP contribution is -2.41. The average molecular weight is 219 g/mol. The van der Waals surface area contributed by atoms with E-state index in [1.165, 1.54) is 0 Å². The second-order valence-electron chi connectivity index (χ2n) is 3.01. The lowest BCUT2D eigenvalue weighted by Gasteiger charge is -2.13. The Morgan fingerprint density at radius 1 is 1.73 bits per heavy atom. The topological polar surface area (TPSA) is 81.2 Å². The van der Waals surface area contributed by atoms with Crippen molar-refractivity contribution < 1.29 is 18.0 Å². The van der Waals surface area contributed by atoms with Gasteiger partial charge >= 0.3 is 0 Å². The molecule has 1 aromatic heterocycles. The molecule has 0 aliphatic carbocycles. The predicted octanol–water partition coefficient (Wildman–Crippen LogP) is 0.307. The van der Waals surface area contributed by atoms with Gasteiger partial charge in [-0.05, 0) is 6.92 Å². The van der Waals surface area contributed by atoms with Gasteiger partial charge in [0.25, 0.3) is 11.8 Å². The summed E-state index contributed by atoms with van der Waals surface area (Å²) in [6, 6.07) is 0. The second-order valence-corrected chi connectivity index (χ2v) is 3.01. The van der Waals surface area contributed by atoms with E-state index in [1.807, 2.05) is 5.32 Å². The molecule has 1 rings (SSSR count). The number of carbonyl (C=O) groups is 1. The number of nitrogens with zero attached hydrogens (tertiary/aromatic N) is 1. The molecule has 3 N–H and O–H groups in total. The van der Waals surface area contributed by atoms with Crippen LogP contribution in [0.3, 0.4) is 0 Å². The first-order valence-electron chi connectivity index (χ1n) is 4.22. The van der Waals surface area contributed by atoms with Crippen LogP contribution in [0.4, 0.5) is 8.78 Å². The largest absolute Gasteiger partial charge is 0.438 e. The summed E-state index contributed by atoms with van der Waals surface area (Å²) in [5.74, 6) is -3.90. The average Bonchev–Trinajstić information content (AvgIpc) is 2.61. The highest BCUT2D eigenvalue weighted by molar-refractivity contribution is 5.92. The number of rotatable bonds is 4. The minimum absolute atomic E-state index is 0.0668. The van der Waals surface area contributed by atoms with Gasteiger partial charge in [0.1, 0.15) is 0 Å². The summed E-state index contributed by atoms with van der Waals surface area (Å²) in [6.07, 6.45) is 1.07. The maximum absolute atomic E-state index is 12.7. The number of carbonyl (C=O) groups excluding carboxylic acids is 1. The van der Waals surface area contributed by atoms with Gasteiger partial charge < -0.3 is 15.5 Å². The zero-order valence-corrected chi connectivity index (χ0v) is 8.09. The number of halogens is 2. The standard InChI is InChI=1S/C8H11F2N3O2/c1-5-6(15-4-13-5)7(14)12-3-8(9,10)2-11/h4H,2-3,11H2,1H3,(H,12,14). The number of hydrogen-bond acceptors (Lipinski definition) is 4. The summed E-state index contributed by atoms with van der Waals surface area (Å²) in [4.78, 5) is 14.9. The number of aryl methyl sites for hydroxylation is 1. The molecule has 0 bridgehead atoms. The van der Waals surface area contributed by atoms with Crippen molar-refractivity contribution in [1.29, 1.82) is 0 Å². The Hall–Kier alpha value is -1.50. The summed E-state index contributed by atoms with van der Waals surface area (Å²) in [5.41, 5.74) is 5.15. The van der Waals surface area contributed by atoms with Gasteiger partial charge in [-0.25, -0.2) is 13.8 Å². The monoisotopic (exact) mass is 219 g/mol. The second kappa shape index (κ2) is 4.35. The van der Waals surface area contributed by atoms with Gasteiger partial charge in [0.2, 0.25) is 5.76 Å². The maximum Gasteiger partial charge on any atom is 0.289 e. The molecule has 0 unspecified atom stereocenters. The zero-order chi connectivity index (χ0) is 11.5. The van der Waals surface area contributed by atoms with Crippen LogP contribution in [0.5, 0.6) is 0 Å². The number of alkyl halides is 2. The van der Waals surface area contributed by atoms with E-state index < -0.39 is 24.9 Å². The molecule has 5 nitrogen and oxygen atoms in total. The fourth-order valence-corrected chi connectivity index (χ4v) is 0.882. The molecule has 0 saturated carbocycles. The van der Waals surface area contributed by atoms with Crippen LogP contribution in [-0.2, 0) is 0 Å². The van der Waals surface area contributed by atoms with Crippen molar-refractivity contribution in [3.05, 3.63) is 17.8 Å². The van der Waals surface area contributed by atoms with Crippen LogP contribution < -0.4 is 11.1 Å². The molecule has 84 valence electrons. The van der Waals surface area contributed by atoms with E-state index in [9.17, 15) is 13.6 Å². The summed E-state index contributed by atoms with van der Waals surface area (Å²) < 4.78 is 30.1. The van der Waals surface area contributed by atoms with E-state index in [-0.39, 0.29) is 5.76 Å². The molecule has 1 aromatic rings. The molecule has 15 heavy (non-hydrogen) atoms. The molecule has 1 amide bonds. The predicted molar refractivity (Wildman–Crippen MR) is 47.6 cm³/mol. The van der Waals surface area contributed by atoms with Crippen molar-refractivity contribution in [2.45, 2.75) is 12.8 Å². The number of nitrogens with one attached hydrogen (secondary N) is 1. The Balaban J connectivity index is 2.55. The lowest BCUT2D eigenvalue weighted by atomic mass is 10.3. The fourth-order valence-electron chi connectivity index (χ4n) is 0.882. The van der Waals surface area contributed by atoms with E-state index in [0.717, 1.165) is 6.39 Å². The van der Waals surface area contributed by atoms with Crippen LogP contribution in [0.25, 0.3) is 0 Å². The molecule has 0 aliphatic rings. The van der Waals surface area contributed by atoms with E-state index in [4.69, 9.17) is 10.2 Å². The van der Waals surface area contributed by atoms with Crippen molar-refractivity contribution in [3.8, 4) is 0 Å². The molecule has 0 saturated heterocycles. The van der Waals surface area contributed by atoms with Crippen LogP contribution in [-0.4, -0.2) is 29.9 Å². The highest BCUT2D eigenvalue weighted by atomic mass is 19.3. The minimum atomic E-state index is -3.11. The van der Waals surface area contributed by atoms with Crippen molar-refractivity contribution in [3.63, 3.8) is 0 Å². The van der Waals surface area contributed by atoms with E-state index >= 15 is 0 Å². The number of hydrogen-bond donors (Lipinski definition) is 2. The first kappa shape index (κ1) is 11.6. The molecule has 0 radical (unpaired) electrons. The van der Waals surface area contributed by atoms with Crippen LogP contribution in [0, 0.1) is 6.92 Å². The van der Waals surface area contributed by atoms with Crippen LogP contribution in [0.2, 0.25) is 0 Å². The van der Waals surface area contributed by atoms with Crippen LogP contribution in [0.15, 0.2) is 10.8 Å². The Bertz CT molecular complexity index is 351. The van der Waals surface area contributed by atoms with Crippen LogP contribution >= 0.6 is 0 Å². The number of amides is 1. The molecule has 7 heteroatoms. The molecule has 0 spiro atoms. The Labute approximate surface area is 84.7 Å². The smallest absolute Gasteiger partial charge is 0.289 e. The third-order valence-corrected chi connectivity index (χ3v) is 1.76. The first-order valence-corrected chi connectivity index (χ1v) is 4.22. The van der Waals surface area contributed by atoms with Crippen molar-refractivity contribution in [1.82, 2.24) is 10.3 Å². The number of oxazole rings is 1. The lowest BCUT2D eigenvalue weighted by molar-refractivity contribution is 0.0115. The third-order valence-electron chi connectivity index (χ3n) is 1.76. The third kappa shape index (κ3) is 2.98. The van der Waals surface area contributed by atoms with Crippen molar-refractivity contribution in [2.24, 2.45) is 5.73 Å². The highest BCUT2D eigenvalue weighted by Gasteiger charge is 2.28. The van der Waals surface area contributed by atoms with Crippen molar-refractivity contribution in [2.75, 3.05) is 13.1 Å². The Kier molecular flexibility index (Phi) is 3.35. The normalized spacial score (nSPS) is 11.5. The van der Waals surface area contributed by atoms with Gasteiger partial charge in [-0.3, -0.25) is 4.79 Å². The van der Waals surface area contributed by atoms with Crippen molar-refractivity contribution >= 4 is 5.91 Å². The minimum Gasteiger partial charge on any atom is -0.438 e.